The Bertz CT molecular complexity index is 676. The molecule has 22 heavy (non-hydrogen) atoms. The third-order valence-corrected chi connectivity index (χ3v) is 3.05. The first kappa shape index (κ1) is 15.7. The van der Waals surface area contributed by atoms with Crippen molar-refractivity contribution in [3.63, 3.8) is 0 Å². The molecule has 8 heteroatoms. The van der Waals surface area contributed by atoms with Crippen LogP contribution in [-0.2, 0) is 11.0 Å². The molecule has 118 valence electrons. The third kappa shape index (κ3) is 3.33. The van der Waals surface area contributed by atoms with Crippen molar-refractivity contribution in [1.29, 1.82) is 0 Å². The summed E-state index contributed by atoms with van der Waals surface area (Å²) in [5, 5.41) is 18.4. The van der Waals surface area contributed by atoms with Crippen LogP contribution in [0.4, 0.5) is 13.2 Å². The van der Waals surface area contributed by atoms with Gasteiger partial charge in [-0.25, -0.2) is 0 Å². The SMILES string of the molecule is CC(C(=O)Oc1cc(O)[nH]c1O)c1ccc(C(F)(F)F)cc1. The monoisotopic (exact) mass is 315 g/mol. The Morgan fingerprint density at radius 1 is 1.23 bits per heavy atom. The molecule has 0 saturated heterocycles. The Labute approximate surface area is 123 Å². The number of nitrogens with one attached hydrogen (secondary N) is 1. The predicted molar refractivity (Wildman–Crippen MR) is 69.6 cm³/mol. The van der Waals surface area contributed by atoms with Gasteiger partial charge in [0.25, 0.3) is 0 Å². The van der Waals surface area contributed by atoms with Gasteiger partial charge in [-0.2, -0.15) is 13.2 Å². The highest BCUT2D eigenvalue weighted by Gasteiger charge is 2.30. The smallest absolute Gasteiger partial charge is 0.416 e. The van der Waals surface area contributed by atoms with Gasteiger partial charge in [-0.15, -0.1) is 0 Å². The van der Waals surface area contributed by atoms with Crippen molar-refractivity contribution < 1.29 is 32.9 Å². The van der Waals surface area contributed by atoms with E-state index in [9.17, 15) is 23.1 Å². The minimum absolute atomic E-state index is 0.263. The van der Waals surface area contributed by atoms with Gasteiger partial charge < -0.3 is 14.9 Å². The van der Waals surface area contributed by atoms with Gasteiger partial charge in [0.05, 0.1) is 11.5 Å². The van der Waals surface area contributed by atoms with E-state index in [1.165, 1.54) is 19.1 Å². The Morgan fingerprint density at radius 2 is 1.82 bits per heavy atom. The zero-order valence-corrected chi connectivity index (χ0v) is 11.3. The van der Waals surface area contributed by atoms with Crippen LogP contribution in [-0.4, -0.2) is 21.2 Å². The summed E-state index contributed by atoms with van der Waals surface area (Å²) < 4.78 is 42.3. The van der Waals surface area contributed by atoms with E-state index in [-0.39, 0.29) is 11.6 Å². The number of rotatable bonds is 3. The summed E-state index contributed by atoms with van der Waals surface area (Å²) in [6.45, 7) is 1.45. The van der Waals surface area contributed by atoms with Crippen molar-refractivity contribution >= 4 is 5.97 Å². The number of aromatic amines is 1. The Kier molecular flexibility index (Phi) is 4.03. The zero-order valence-electron chi connectivity index (χ0n) is 11.3. The third-order valence-electron chi connectivity index (χ3n) is 3.05. The lowest BCUT2D eigenvalue weighted by molar-refractivity contribution is -0.137. The largest absolute Gasteiger partial charge is 0.494 e. The summed E-state index contributed by atoms with van der Waals surface area (Å²) in [4.78, 5) is 14.0. The Hall–Kier alpha value is -2.64. The molecule has 2 rings (SSSR count). The topological polar surface area (TPSA) is 82.5 Å². The minimum Gasteiger partial charge on any atom is -0.494 e. The minimum atomic E-state index is -4.45. The summed E-state index contributed by atoms with van der Waals surface area (Å²) in [7, 11) is 0. The molecule has 0 fully saturated rings. The van der Waals surface area contributed by atoms with Crippen molar-refractivity contribution in [2.45, 2.75) is 19.0 Å². The number of benzene rings is 1. The second-order valence-electron chi connectivity index (χ2n) is 4.63. The molecular formula is C14H12F3NO4. The fraction of sp³-hybridized carbons (Fsp3) is 0.214. The highest BCUT2D eigenvalue weighted by Crippen LogP contribution is 2.32. The Balaban J connectivity index is 2.12. The molecule has 1 unspecified atom stereocenters. The molecule has 0 spiro atoms. The van der Waals surface area contributed by atoms with E-state index in [2.05, 4.69) is 4.98 Å². The highest BCUT2D eigenvalue weighted by molar-refractivity contribution is 5.80. The lowest BCUT2D eigenvalue weighted by atomic mass is 10.00. The number of H-pyrrole nitrogens is 1. The van der Waals surface area contributed by atoms with E-state index in [0.717, 1.165) is 18.2 Å². The number of hydrogen-bond acceptors (Lipinski definition) is 4. The zero-order chi connectivity index (χ0) is 16.5. The van der Waals surface area contributed by atoms with Gasteiger partial charge in [0.15, 0.2) is 11.6 Å². The van der Waals surface area contributed by atoms with Gasteiger partial charge in [-0.3, -0.25) is 9.78 Å². The van der Waals surface area contributed by atoms with Crippen molar-refractivity contribution in [2.24, 2.45) is 0 Å². The van der Waals surface area contributed by atoms with Crippen molar-refractivity contribution in [3.8, 4) is 17.5 Å². The fourth-order valence-electron chi connectivity index (χ4n) is 1.78. The van der Waals surface area contributed by atoms with E-state index in [1.54, 1.807) is 0 Å². The van der Waals surface area contributed by atoms with Crippen molar-refractivity contribution in [3.05, 3.63) is 41.5 Å². The Morgan fingerprint density at radius 3 is 2.27 bits per heavy atom. The van der Waals surface area contributed by atoms with Crippen LogP contribution in [0.25, 0.3) is 0 Å². The van der Waals surface area contributed by atoms with Crippen molar-refractivity contribution in [1.82, 2.24) is 4.98 Å². The second kappa shape index (κ2) is 5.63. The fourth-order valence-corrected chi connectivity index (χ4v) is 1.78. The molecule has 1 heterocycles. The number of aromatic hydroxyl groups is 2. The summed E-state index contributed by atoms with van der Waals surface area (Å²) in [5.41, 5.74) is -0.484. The van der Waals surface area contributed by atoms with Crippen LogP contribution in [0.5, 0.6) is 17.5 Å². The second-order valence-corrected chi connectivity index (χ2v) is 4.63. The van der Waals surface area contributed by atoms with Gasteiger partial charge >= 0.3 is 12.1 Å². The quantitative estimate of drug-likeness (QED) is 0.760. The molecule has 1 aromatic carbocycles. The molecule has 0 aliphatic rings. The number of aromatic nitrogens is 1. The van der Waals surface area contributed by atoms with Gasteiger partial charge in [0.2, 0.25) is 5.88 Å². The van der Waals surface area contributed by atoms with E-state index in [0.29, 0.717) is 5.56 Å². The average molecular weight is 315 g/mol. The van der Waals surface area contributed by atoms with Crippen LogP contribution in [0.3, 0.4) is 0 Å². The molecule has 0 saturated carbocycles. The predicted octanol–water partition coefficient (Wildman–Crippen LogP) is 3.15. The summed E-state index contributed by atoms with van der Waals surface area (Å²) in [6, 6.07) is 5.12. The molecule has 0 amide bonds. The van der Waals surface area contributed by atoms with Gasteiger partial charge in [-0.1, -0.05) is 12.1 Å². The van der Waals surface area contributed by atoms with Crippen LogP contribution in [0, 0.1) is 0 Å². The molecule has 1 aromatic heterocycles. The highest BCUT2D eigenvalue weighted by atomic mass is 19.4. The summed E-state index contributed by atoms with van der Waals surface area (Å²) >= 11 is 0. The number of halogens is 3. The first-order valence-electron chi connectivity index (χ1n) is 6.18. The number of hydrogen-bond donors (Lipinski definition) is 3. The lowest BCUT2D eigenvalue weighted by Crippen LogP contribution is -2.16. The number of carbonyl (C=O) groups excluding carboxylic acids is 1. The normalized spacial score (nSPS) is 12.9. The standard InChI is InChI=1S/C14H12F3NO4/c1-7(8-2-4-9(5-3-8)14(15,16)17)13(21)22-10-6-11(19)18-12(10)20/h2-7,18-20H,1H3. The van der Waals surface area contributed by atoms with Crippen LogP contribution in [0.2, 0.25) is 0 Å². The molecule has 0 radical (unpaired) electrons. The van der Waals surface area contributed by atoms with Gasteiger partial charge in [-0.05, 0) is 24.6 Å². The molecular weight excluding hydrogens is 303 g/mol. The van der Waals surface area contributed by atoms with Crippen LogP contribution < -0.4 is 4.74 Å². The molecule has 1 atom stereocenters. The molecule has 0 bridgehead atoms. The summed E-state index contributed by atoms with van der Waals surface area (Å²) in [5.74, 6) is -2.80. The first-order valence-corrected chi connectivity index (χ1v) is 6.18. The first-order chi connectivity index (χ1) is 10.2. The van der Waals surface area contributed by atoms with Crippen LogP contribution in [0.15, 0.2) is 30.3 Å². The van der Waals surface area contributed by atoms with E-state index >= 15 is 0 Å². The lowest BCUT2D eigenvalue weighted by Gasteiger charge is -2.12. The maximum atomic E-state index is 12.5. The number of carbonyl (C=O) groups is 1. The van der Waals surface area contributed by atoms with E-state index in [4.69, 9.17) is 9.84 Å². The molecule has 0 aliphatic heterocycles. The van der Waals surface area contributed by atoms with E-state index < -0.39 is 29.5 Å². The number of ether oxygens (including phenoxy) is 1. The van der Waals surface area contributed by atoms with Crippen molar-refractivity contribution in [2.75, 3.05) is 0 Å². The molecule has 5 nitrogen and oxygen atoms in total. The molecule has 2 aromatic rings. The van der Waals surface area contributed by atoms with Crippen LogP contribution >= 0.6 is 0 Å². The number of esters is 1. The number of alkyl halides is 3. The molecule has 3 N–H and O–H groups in total. The maximum Gasteiger partial charge on any atom is 0.416 e. The van der Waals surface area contributed by atoms with Gasteiger partial charge in [0, 0.05) is 6.07 Å². The van der Waals surface area contributed by atoms with Gasteiger partial charge in [0.1, 0.15) is 0 Å². The van der Waals surface area contributed by atoms with E-state index in [1.807, 2.05) is 0 Å². The summed E-state index contributed by atoms with van der Waals surface area (Å²) in [6.07, 6.45) is -4.45. The van der Waals surface area contributed by atoms with Crippen LogP contribution in [0.1, 0.15) is 24.0 Å². The average Bonchev–Trinajstić information content (AvgIpc) is 2.75. The maximum absolute atomic E-state index is 12.5. The molecule has 0 aliphatic carbocycles.